The Morgan fingerprint density at radius 3 is 1.90 bits per heavy atom. The molecule has 6 rings (SSSR count). The Labute approximate surface area is 367 Å². The van der Waals surface area contributed by atoms with E-state index in [0.717, 1.165) is 19.0 Å². The van der Waals surface area contributed by atoms with E-state index < -0.39 is 0 Å². The highest BCUT2D eigenvalue weighted by atomic mass is 15.2. The Morgan fingerprint density at radius 1 is 0.633 bits per heavy atom. The first-order valence-corrected chi connectivity index (χ1v) is 23.9. The minimum Gasteiger partial charge on any atom is -0.344 e. The molecule has 4 aromatic carbocycles. The van der Waals surface area contributed by atoms with E-state index in [9.17, 15) is 0 Å². The van der Waals surface area contributed by atoms with Crippen LogP contribution in [0.15, 0.2) is 121 Å². The smallest absolute Gasteiger partial charge is 0.210 e. The van der Waals surface area contributed by atoms with Gasteiger partial charge in [-0.2, -0.15) is 4.58 Å². The van der Waals surface area contributed by atoms with E-state index in [4.69, 9.17) is 0 Å². The molecule has 0 aromatic heterocycles. The highest BCUT2D eigenvalue weighted by Crippen LogP contribution is 2.51. The number of fused-ring (bicyclic) bond motifs is 6. The molecule has 0 spiro atoms. The third kappa shape index (κ3) is 11.6. The molecule has 0 saturated carbocycles. The molecule has 2 aliphatic heterocycles. The molecule has 0 fully saturated rings. The second-order valence-corrected chi connectivity index (χ2v) is 17.9. The topological polar surface area (TPSA) is 9.49 Å². The largest absolute Gasteiger partial charge is 0.344 e. The van der Waals surface area contributed by atoms with Crippen LogP contribution in [0, 0.1) is 5.92 Å². The van der Waals surface area contributed by atoms with Gasteiger partial charge in [-0.15, -0.1) is 0 Å². The maximum Gasteiger partial charge on any atom is 0.210 e. The lowest BCUT2D eigenvalue weighted by atomic mass is 9.79. The average molecular weight is 809 g/mol. The van der Waals surface area contributed by atoms with Crippen LogP contribution in [-0.2, 0) is 10.8 Å². The molecule has 2 aliphatic rings. The van der Waals surface area contributed by atoms with E-state index in [1.54, 1.807) is 0 Å². The predicted molar refractivity (Wildman–Crippen MR) is 269 cm³/mol. The maximum absolute atomic E-state index is 2.63. The van der Waals surface area contributed by atoms with Crippen LogP contribution in [0.3, 0.4) is 0 Å². The van der Waals surface area contributed by atoms with Gasteiger partial charge in [-0.25, -0.2) is 0 Å². The third-order valence-electron chi connectivity index (χ3n) is 12.7. The van der Waals surface area contributed by atoms with E-state index >= 15 is 0 Å². The standard InChI is InChI=1S/C53H70N3.2C2H6/c1-9-41(2)27-17-13-14-25-39-55-46-36-34-42-28-20-22-30-44(42)50(46)52(3,4)48(55)32-18-11-10-12-19-33-49-53(5,6)51-45-31-23-21-29-43(45)35-37-47(51)56(49)40-26-16-15-24-38-54(7)8;2*1-2/h10-12,18-23,28-37,41H,9,13-17,24-27,38-40H2,1-8H3;2*1-2H3/q+1;;. The first-order chi connectivity index (χ1) is 29.1. The van der Waals surface area contributed by atoms with Gasteiger partial charge in [0.15, 0.2) is 5.71 Å². The zero-order chi connectivity index (χ0) is 43.7. The molecule has 3 heteroatoms. The van der Waals surface area contributed by atoms with Gasteiger partial charge >= 0.3 is 0 Å². The van der Waals surface area contributed by atoms with E-state index in [1.807, 2.05) is 27.7 Å². The van der Waals surface area contributed by atoms with Gasteiger partial charge in [0.2, 0.25) is 5.69 Å². The summed E-state index contributed by atoms with van der Waals surface area (Å²) in [6.45, 7) is 25.6. The number of unbranched alkanes of at least 4 members (excludes halogenated alkanes) is 6. The number of hydrogen-bond donors (Lipinski definition) is 0. The van der Waals surface area contributed by atoms with Crippen molar-refractivity contribution in [3.63, 3.8) is 0 Å². The molecule has 0 N–H and O–H groups in total. The average Bonchev–Trinajstić information content (AvgIpc) is 3.62. The number of hydrogen-bond acceptors (Lipinski definition) is 2. The predicted octanol–water partition coefficient (Wildman–Crippen LogP) is 15.9. The summed E-state index contributed by atoms with van der Waals surface area (Å²) in [6.07, 6.45) is 28.7. The highest BCUT2D eigenvalue weighted by molar-refractivity contribution is 6.07. The second kappa shape index (κ2) is 23.7. The fraction of sp³-hybridized carbons (Fsp3) is 0.491. The van der Waals surface area contributed by atoms with Crippen molar-refractivity contribution in [2.75, 3.05) is 38.6 Å². The normalized spacial score (nSPS) is 16.6. The molecular formula is C57H82N3+. The van der Waals surface area contributed by atoms with Crippen LogP contribution in [0.2, 0.25) is 0 Å². The number of benzene rings is 4. The van der Waals surface area contributed by atoms with Crippen LogP contribution >= 0.6 is 0 Å². The van der Waals surface area contributed by atoms with E-state index in [1.165, 1.54) is 126 Å². The van der Waals surface area contributed by atoms with Crippen LogP contribution in [0.1, 0.15) is 145 Å². The number of anilines is 1. The van der Waals surface area contributed by atoms with Gasteiger partial charge in [0.05, 0.1) is 5.41 Å². The van der Waals surface area contributed by atoms with Gasteiger partial charge in [-0.3, -0.25) is 0 Å². The quantitative estimate of drug-likeness (QED) is 0.0530. The Hall–Kier alpha value is -4.21. The summed E-state index contributed by atoms with van der Waals surface area (Å²) in [4.78, 5) is 4.91. The van der Waals surface area contributed by atoms with Crippen molar-refractivity contribution in [3.05, 3.63) is 132 Å². The van der Waals surface area contributed by atoms with Crippen LogP contribution in [0.25, 0.3) is 21.5 Å². The maximum atomic E-state index is 2.63. The van der Waals surface area contributed by atoms with Gasteiger partial charge in [0.25, 0.3) is 0 Å². The minimum atomic E-state index is -0.0870. The monoisotopic (exact) mass is 809 g/mol. The lowest BCUT2D eigenvalue weighted by Crippen LogP contribution is -2.28. The van der Waals surface area contributed by atoms with Gasteiger partial charge < -0.3 is 9.80 Å². The summed E-state index contributed by atoms with van der Waals surface area (Å²) in [7, 11) is 4.35. The lowest BCUT2D eigenvalue weighted by Gasteiger charge is -2.27. The van der Waals surface area contributed by atoms with Crippen molar-refractivity contribution in [2.45, 2.75) is 144 Å². The summed E-state index contributed by atoms with van der Waals surface area (Å²) in [5.41, 5.74) is 8.30. The molecule has 324 valence electrons. The fourth-order valence-corrected chi connectivity index (χ4v) is 9.41. The Bertz CT molecular complexity index is 2100. The van der Waals surface area contributed by atoms with E-state index in [2.05, 4.69) is 185 Å². The van der Waals surface area contributed by atoms with Crippen LogP contribution < -0.4 is 4.90 Å². The van der Waals surface area contributed by atoms with Crippen LogP contribution in [-0.4, -0.2) is 48.9 Å². The van der Waals surface area contributed by atoms with Crippen molar-refractivity contribution >= 4 is 38.6 Å². The Morgan fingerprint density at radius 2 is 1.22 bits per heavy atom. The molecular weight excluding hydrogens is 727 g/mol. The van der Waals surface area contributed by atoms with Crippen molar-refractivity contribution in [3.8, 4) is 0 Å². The Balaban J connectivity index is 0.00000193. The van der Waals surface area contributed by atoms with Crippen molar-refractivity contribution in [1.82, 2.24) is 4.90 Å². The number of rotatable bonds is 19. The van der Waals surface area contributed by atoms with Gasteiger partial charge in [-0.05, 0) is 105 Å². The molecule has 3 nitrogen and oxygen atoms in total. The number of allylic oxidation sites excluding steroid dienone is 8. The molecule has 1 unspecified atom stereocenters. The van der Waals surface area contributed by atoms with Gasteiger partial charge in [0.1, 0.15) is 6.54 Å². The van der Waals surface area contributed by atoms with Crippen LogP contribution in [0.4, 0.5) is 11.4 Å². The summed E-state index contributed by atoms with van der Waals surface area (Å²) >= 11 is 0. The van der Waals surface area contributed by atoms with E-state index in [0.29, 0.717) is 0 Å². The van der Waals surface area contributed by atoms with Crippen molar-refractivity contribution < 1.29 is 4.58 Å². The molecule has 0 aliphatic carbocycles. The summed E-state index contributed by atoms with van der Waals surface area (Å²) in [5, 5.41) is 5.41. The minimum absolute atomic E-state index is 0.0829. The van der Waals surface area contributed by atoms with E-state index in [-0.39, 0.29) is 10.8 Å². The van der Waals surface area contributed by atoms with Crippen molar-refractivity contribution in [2.24, 2.45) is 5.92 Å². The highest BCUT2D eigenvalue weighted by Gasteiger charge is 2.45. The third-order valence-corrected chi connectivity index (χ3v) is 12.7. The first kappa shape index (κ1) is 48.5. The van der Waals surface area contributed by atoms with Crippen molar-refractivity contribution in [1.29, 1.82) is 0 Å². The fourth-order valence-electron chi connectivity index (χ4n) is 9.41. The summed E-state index contributed by atoms with van der Waals surface area (Å²) < 4.78 is 2.63. The van der Waals surface area contributed by atoms with Crippen LogP contribution in [0.5, 0.6) is 0 Å². The molecule has 0 bridgehead atoms. The molecule has 1 atom stereocenters. The zero-order valence-corrected chi connectivity index (χ0v) is 40.1. The number of nitrogens with zero attached hydrogens (tertiary/aromatic N) is 3. The Kier molecular flexibility index (Phi) is 19.1. The molecule has 0 radical (unpaired) electrons. The summed E-state index contributed by atoms with van der Waals surface area (Å²) in [6, 6.07) is 27.2. The zero-order valence-electron chi connectivity index (χ0n) is 40.1. The molecule has 0 amide bonds. The lowest BCUT2D eigenvalue weighted by molar-refractivity contribution is -0.438. The second-order valence-electron chi connectivity index (χ2n) is 17.9. The molecule has 60 heavy (non-hydrogen) atoms. The first-order valence-electron chi connectivity index (χ1n) is 23.9. The van der Waals surface area contributed by atoms with Gasteiger partial charge in [0, 0.05) is 47.5 Å². The molecule has 2 heterocycles. The molecule has 0 saturated heterocycles. The SMILES string of the molecule is CC.CC.CCC(C)CCCCCC[N+]1=C(/C=C/C=C/C=C/C=C2/N(CCCCCCN(C)C)c3ccc4ccccc4c3C2(C)C)C(C)(C)c2c1ccc1ccccc21. The summed E-state index contributed by atoms with van der Waals surface area (Å²) in [5.74, 6) is 0.847. The van der Waals surface area contributed by atoms with Gasteiger partial charge in [-0.1, -0.05) is 179 Å². The molecule has 4 aromatic rings.